The van der Waals surface area contributed by atoms with E-state index in [4.69, 9.17) is 4.42 Å². The van der Waals surface area contributed by atoms with Crippen LogP contribution in [0.3, 0.4) is 0 Å². The molecule has 0 fully saturated rings. The van der Waals surface area contributed by atoms with Crippen LogP contribution in [0.5, 0.6) is 0 Å². The lowest BCUT2D eigenvalue weighted by atomic mass is 10.1. The van der Waals surface area contributed by atoms with Gasteiger partial charge in [0.05, 0.1) is 12.2 Å². The van der Waals surface area contributed by atoms with Crippen molar-refractivity contribution >= 4 is 22.9 Å². The Hall–Kier alpha value is -2.60. The summed E-state index contributed by atoms with van der Waals surface area (Å²) in [6.07, 6.45) is 1.97. The molecule has 2 heterocycles. The molecule has 0 bridgehead atoms. The Kier molecular flexibility index (Phi) is 4.04. The molecule has 0 radical (unpaired) electrons. The fourth-order valence-corrected chi connectivity index (χ4v) is 3.13. The molecule has 2 aromatic carbocycles. The molecule has 0 aliphatic carbocycles. The molecule has 4 aromatic rings. The maximum atomic E-state index is 5.70. The second kappa shape index (κ2) is 6.49. The predicted molar refractivity (Wildman–Crippen MR) is 93.9 cm³/mol. The topological polar surface area (TPSA) is 56.7 Å². The third-order valence-electron chi connectivity index (χ3n) is 3.67. The first-order valence-electron chi connectivity index (χ1n) is 7.69. The second-order valence-electron chi connectivity index (χ2n) is 5.63. The molecule has 2 aromatic heterocycles. The number of aromatic nitrogens is 4. The maximum Gasteiger partial charge on any atom is 0.257 e. The van der Waals surface area contributed by atoms with Gasteiger partial charge in [-0.1, -0.05) is 58.9 Å². The Bertz CT molecular complexity index is 925. The number of thioether (sulfide) groups is 1. The Morgan fingerprint density at radius 2 is 1.92 bits per heavy atom. The summed E-state index contributed by atoms with van der Waals surface area (Å²) in [6, 6.07) is 16.2. The summed E-state index contributed by atoms with van der Waals surface area (Å²) in [5.41, 5.74) is 5.07. The second-order valence-corrected chi connectivity index (χ2v) is 6.56. The molecule has 5 nitrogen and oxygen atoms in total. The molecule has 0 amide bonds. The van der Waals surface area contributed by atoms with Crippen molar-refractivity contribution in [3.63, 3.8) is 0 Å². The van der Waals surface area contributed by atoms with Gasteiger partial charge in [0.2, 0.25) is 0 Å². The minimum Gasteiger partial charge on any atom is -0.431 e. The van der Waals surface area contributed by atoms with Crippen LogP contribution in [0.4, 0.5) is 0 Å². The first-order chi connectivity index (χ1) is 11.8. The van der Waals surface area contributed by atoms with Gasteiger partial charge in [0.25, 0.3) is 5.22 Å². The van der Waals surface area contributed by atoms with Gasteiger partial charge in [-0.15, -0.1) is 5.10 Å². The summed E-state index contributed by atoms with van der Waals surface area (Å²) in [7, 11) is 0. The lowest BCUT2D eigenvalue weighted by molar-refractivity contribution is 0.489. The Labute approximate surface area is 143 Å². The van der Waals surface area contributed by atoms with Gasteiger partial charge in [-0.25, -0.2) is 9.67 Å². The highest BCUT2D eigenvalue weighted by atomic mass is 32.2. The van der Waals surface area contributed by atoms with E-state index in [1.165, 1.54) is 22.9 Å². The van der Waals surface area contributed by atoms with Gasteiger partial charge in [0.15, 0.2) is 5.58 Å². The highest BCUT2D eigenvalue weighted by molar-refractivity contribution is 7.98. The van der Waals surface area contributed by atoms with E-state index >= 15 is 0 Å². The maximum absolute atomic E-state index is 5.70. The van der Waals surface area contributed by atoms with Crippen molar-refractivity contribution in [1.29, 1.82) is 0 Å². The zero-order valence-corrected chi connectivity index (χ0v) is 14.0. The number of para-hydroxylation sites is 2. The first kappa shape index (κ1) is 15.0. The van der Waals surface area contributed by atoms with Gasteiger partial charge < -0.3 is 4.42 Å². The molecule has 0 unspecified atom stereocenters. The lowest BCUT2D eigenvalue weighted by Crippen LogP contribution is -2.00. The lowest BCUT2D eigenvalue weighted by Gasteiger charge is -2.01. The molecule has 0 N–H and O–H groups in total. The number of hydrogen-bond donors (Lipinski definition) is 0. The van der Waals surface area contributed by atoms with Crippen LogP contribution in [0, 0.1) is 6.92 Å². The van der Waals surface area contributed by atoms with E-state index in [1.807, 2.05) is 35.1 Å². The van der Waals surface area contributed by atoms with Crippen LogP contribution in [0.25, 0.3) is 11.1 Å². The number of benzene rings is 2. The highest BCUT2D eigenvalue weighted by Crippen LogP contribution is 2.25. The molecule has 0 atom stereocenters. The first-order valence-corrected chi connectivity index (χ1v) is 8.68. The summed E-state index contributed by atoms with van der Waals surface area (Å²) < 4.78 is 7.55. The van der Waals surface area contributed by atoms with Gasteiger partial charge >= 0.3 is 0 Å². The summed E-state index contributed by atoms with van der Waals surface area (Å²) in [5.74, 6) is 0.681. The summed E-state index contributed by atoms with van der Waals surface area (Å²) in [5, 5.41) is 9.07. The molecular weight excluding hydrogens is 320 g/mol. The molecule has 0 spiro atoms. The number of nitrogens with zero attached hydrogens (tertiary/aromatic N) is 4. The smallest absolute Gasteiger partial charge is 0.257 e. The molecule has 0 aliphatic rings. The van der Waals surface area contributed by atoms with Gasteiger partial charge in [0, 0.05) is 11.9 Å². The Morgan fingerprint density at radius 3 is 2.75 bits per heavy atom. The van der Waals surface area contributed by atoms with E-state index in [2.05, 4.69) is 46.5 Å². The highest BCUT2D eigenvalue weighted by Gasteiger charge is 2.08. The van der Waals surface area contributed by atoms with Crippen molar-refractivity contribution in [2.75, 3.05) is 0 Å². The molecule has 0 saturated heterocycles. The predicted octanol–water partition coefficient (Wildman–Crippen LogP) is 4.07. The quantitative estimate of drug-likeness (QED) is 0.514. The van der Waals surface area contributed by atoms with Crippen LogP contribution in [0.2, 0.25) is 0 Å². The van der Waals surface area contributed by atoms with Crippen molar-refractivity contribution < 1.29 is 4.42 Å². The fourth-order valence-electron chi connectivity index (χ4n) is 2.41. The Morgan fingerprint density at radius 1 is 1.08 bits per heavy atom. The van der Waals surface area contributed by atoms with Crippen molar-refractivity contribution in [2.45, 2.75) is 24.4 Å². The number of rotatable bonds is 5. The van der Waals surface area contributed by atoms with Crippen LogP contribution in [0.1, 0.15) is 16.8 Å². The monoisotopic (exact) mass is 336 g/mol. The van der Waals surface area contributed by atoms with Gasteiger partial charge in [0.1, 0.15) is 5.52 Å². The summed E-state index contributed by atoms with van der Waals surface area (Å²) in [6.45, 7) is 2.81. The molecule has 4 rings (SSSR count). The number of oxazole rings is 1. The Balaban J connectivity index is 1.40. The number of fused-ring (bicyclic) bond motifs is 1. The summed E-state index contributed by atoms with van der Waals surface area (Å²) >= 11 is 1.53. The molecule has 0 aliphatic heterocycles. The van der Waals surface area contributed by atoms with Crippen LogP contribution < -0.4 is 0 Å². The van der Waals surface area contributed by atoms with Crippen LogP contribution >= 0.6 is 11.8 Å². The van der Waals surface area contributed by atoms with E-state index in [-0.39, 0.29) is 0 Å². The van der Waals surface area contributed by atoms with Crippen molar-refractivity contribution in [3.8, 4) is 0 Å². The molecule has 6 heteroatoms. The largest absolute Gasteiger partial charge is 0.431 e. The van der Waals surface area contributed by atoms with Gasteiger partial charge in [-0.05, 0) is 24.6 Å². The fraction of sp³-hybridized carbons (Fsp3) is 0.167. The summed E-state index contributed by atoms with van der Waals surface area (Å²) in [4.78, 5) is 4.45. The van der Waals surface area contributed by atoms with E-state index in [9.17, 15) is 0 Å². The van der Waals surface area contributed by atoms with Gasteiger partial charge in [-0.3, -0.25) is 0 Å². The standard InChI is InChI=1S/C18H16N4OS/c1-13-6-8-14(9-7-13)10-22-11-15(20-21-22)12-24-18-19-16-4-2-3-5-17(16)23-18/h2-9,11H,10,12H2,1H3. The van der Waals surface area contributed by atoms with Crippen molar-refractivity contribution in [3.05, 3.63) is 71.5 Å². The minimum atomic E-state index is 0.657. The third kappa shape index (κ3) is 3.33. The van der Waals surface area contributed by atoms with E-state index < -0.39 is 0 Å². The molecular formula is C18H16N4OS. The molecule has 120 valence electrons. The van der Waals surface area contributed by atoms with Gasteiger partial charge in [-0.2, -0.15) is 0 Å². The van der Waals surface area contributed by atoms with E-state index in [0.29, 0.717) is 11.0 Å². The van der Waals surface area contributed by atoms with E-state index in [1.54, 1.807) is 0 Å². The average Bonchev–Trinajstić information content (AvgIpc) is 3.21. The van der Waals surface area contributed by atoms with Crippen LogP contribution in [-0.4, -0.2) is 20.0 Å². The van der Waals surface area contributed by atoms with Crippen molar-refractivity contribution in [1.82, 2.24) is 20.0 Å². The van der Waals surface area contributed by atoms with Crippen molar-refractivity contribution in [2.24, 2.45) is 0 Å². The number of hydrogen-bond acceptors (Lipinski definition) is 5. The third-order valence-corrected chi connectivity index (χ3v) is 4.53. The molecule has 0 saturated carbocycles. The minimum absolute atomic E-state index is 0.657. The zero-order valence-electron chi connectivity index (χ0n) is 13.2. The van der Waals surface area contributed by atoms with Crippen LogP contribution in [0.15, 0.2) is 64.4 Å². The zero-order chi connectivity index (χ0) is 16.4. The normalized spacial score (nSPS) is 11.2. The SMILES string of the molecule is Cc1ccc(Cn2cc(CSc3nc4ccccc4o3)nn2)cc1. The average molecular weight is 336 g/mol. The van der Waals surface area contributed by atoms with E-state index in [0.717, 1.165) is 23.3 Å². The number of aryl methyl sites for hydroxylation is 1. The van der Waals surface area contributed by atoms with Crippen LogP contribution in [-0.2, 0) is 12.3 Å². The molecule has 24 heavy (non-hydrogen) atoms.